The van der Waals surface area contributed by atoms with Gasteiger partial charge < -0.3 is 19.5 Å². The lowest BCUT2D eigenvalue weighted by atomic mass is 10.1. The van der Waals surface area contributed by atoms with Crippen molar-refractivity contribution < 1.29 is 19.0 Å². The van der Waals surface area contributed by atoms with Crippen LogP contribution in [0, 0.1) is 13.8 Å². The highest BCUT2D eigenvalue weighted by atomic mass is 16.5. The number of amides is 1. The number of ether oxygens (including phenoxy) is 3. The number of methoxy groups -OCH3 is 1. The summed E-state index contributed by atoms with van der Waals surface area (Å²) in [5, 5.41) is 2.94. The maximum absolute atomic E-state index is 12.4. The molecule has 2 aromatic carbocycles. The van der Waals surface area contributed by atoms with E-state index in [0.717, 1.165) is 17.5 Å². The second kappa shape index (κ2) is 7.47. The Morgan fingerprint density at radius 3 is 2.48 bits per heavy atom. The number of benzene rings is 2. The molecule has 1 heterocycles. The van der Waals surface area contributed by atoms with E-state index in [1.165, 1.54) is 5.56 Å². The van der Waals surface area contributed by atoms with Gasteiger partial charge >= 0.3 is 0 Å². The van der Waals surface area contributed by atoms with E-state index in [0.29, 0.717) is 42.6 Å². The number of fused-ring (bicyclic) bond motifs is 1. The Labute approximate surface area is 147 Å². The molecule has 1 aliphatic heterocycles. The fourth-order valence-corrected chi connectivity index (χ4v) is 2.72. The molecule has 0 unspecified atom stereocenters. The second-order valence-electron chi connectivity index (χ2n) is 6.14. The lowest BCUT2D eigenvalue weighted by Crippen LogP contribution is -2.23. The molecule has 1 aliphatic rings. The van der Waals surface area contributed by atoms with Crippen LogP contribution in [0.5, 0.6) is 17.2 Å². The average molecular weight is 341 g/mol. The summed E-state index contributed by atoms with van der Waals surface area (Å²) in [7, 11) is 1.61. The van der Waals surface area contributed by atoms with Crippen LogP contribution >= 0.6 is 0 Å². The summed E-state index contributed by atoms with van der Waals surface area (Å²) in [5.41, 5.74) is 3.77. The number of hydrogen-bond donors (Lipinski definition) is 1. The van der Waals surface area contributed by atoms with Crippen molar-refractivity contribution in [1.82, 2.24) is 5.32 Å². The quantitative estimate of drug-likeness (QED) is 0.926. The van der Waals surface area contributed by atoms with Crippen LogP contribution in [0.1, 0.15) is 33.5 Å². The van der Waals surface area contributed by atoms with Crippen LogP contribution in [0.15, 0.2) is 30.3 Å². The fraction of sp³-hybridized carbons (Fsp3) is 0.350. The van der Waals surface area contributed by atoms with Gasteiger partial charge in [0.1, 0.15) is 5.75 Å². The van der Waals surface area contributed by atoms with E-state index >= 15 is 0 Å². The summed E-state index contributed by atoms with van der Waals surface area (Å²) in [6, 6.07) is 9.38. The van der Waals surface area contributed by atoms with E-state index < -0.39 is 0 Å². The first-order chi connectivity index (χ1) is 12.1. The van der Waals surface area contributed by atoms with Crippen LogP contribution in [0.2, 0.25) is 0 Å². The lowest BCUT2D eigenvalue weighted by Gasteiger charge is -2.14. The van der Waals surface area contributed by atoms with Crippen molar-refractivity contribution in [2.45, 2.75) is 26.8 Å². The van der Waals surface area contributed by atoms with Crippen LogP contribution in [0.25, 0.3) is 0 Å². The summed E-state index contributed by atoms with van der Waals surface area (Å²) >= 11 is 0. The standard InChI is InChI=1S/C20H23NO4/c1-13-5-6-15(9-14(13)2)20(22)21-12-16-10-18-19(11-17(16)23-3)25-8-4-7-24-18/h5-6,9-11H,4,7-8,12H2,1-3H3,(H,21,22). The third kappa shape index (κ3) is 3.87. The van der Waals surface area contributed by atoms with Crippen molar-refractivity contribution in [3.8, 4) is 17.2 Å². The Bertz CT molecular complexity index is 786. The van der Waals surface area contributed by atoms with Crippen molar-refractivity contribution in [2.75, 3.05) is 20.3 Å². The molecule has 0 bridgehead atoms. The number of rotatable bonds is 4. The van der Waals surface area contributed by atoms with Gasteiger partial charge in [-0.25, -0.2) is 0 Å². The molecule has 0 aromatic heterocycles. The zero-order valence-electron chi connectivity index (χ0n) is 14.8. The molecule has 0 radical (unpaired) electrons. The number of aryl methyl sites for hydroxylation is 2. The van der Waals surface area contributed by atoms with Crippen LogP contribution in [0.3, 0.4) is 0 Å². The van der Waals surface area contributed by atoms with Gasteiger partial charge in [-0.15, -0.1) is 0 Å². The maximum atomic E-state index is 12.4. The van der Waals surface area contributed by atoms with Gasteiger partial charge in [0.25, 0.3) is 5.91 Å². The third-order valence-corrected chi connectivity index (χ3v) is 4.36. The molecular weight excluding hydrogens is 318 g/mol. The predicted molar refractivity (Wildman–Crippen MR) is 95.7 cm³/mol. The monoisotopic (exact) mass is 341 g/mol. The summed E-state index contributed by atoms with van der Waals surface area (Å²) in [4.78, 5) is 12.4. The minimum absolute atomic E-state index is 0.114. The Balaban J connectivity index is 1.76. The van der Waals surface area contributed by atoms with Gasteiger partial charge in [-0.3, -0.25) is 4.79 Å². The highest BCUT2D eigenvalue weighted by Gasteiger charge is 2.16. The Hall–Kier alpha value is -2.69. The number of nitrogens with one attached hydrogen (secondary N) is 1. The van der Waals surface area contributed by atoms with Gasteiger partial charge in [0, 0.05) is 30.2 Å². The van der Waals surface area contributed by atoms with Crippen molar-refractivity contribution in [1.29, 1.82) is 0 Å². The smallest absolute Gasteiger partial charge is 0.251 e. The summed E-state index contributed by atoms with van der Waals surface area (Å²) in [5.74, 6) is 1.93. The van der Waals surface area contributed by atoms with Crippen LogP contribution < -0.4 is 19.5 Å². The molecule has 0 atom stereocenters. The molecule has 1 N–H and O–H groups in total. The first kappa shape index (κ1) is 17.1. The topological polar surface area (TPSA) is 56.8 Å². The molecule has 5 nitrogen and oxygen atoms in total. The summed E-state index contributed by atoms with van der Waals surface area (Å²) < 4.78 is 16.8. The van der Waals surface area contributed by atoms with Crippen molar-refractivity contribution in [3.63, 3.8) is 0 Å². The number of hydrogen-bond acceptors (Lipinski definition) is 4. The first-order valence-corrected chi connectivity index (χ1v) is 8.40. The van der Waals surface area contributed by atoms with E-state index in [-0.39, 0.29) is 5.91 Å². The molecule has 0 fully saturated rings. The van der Waals surface area contributed by atoms with Crippen LogP contribution in [-0.4, -0.2) is 26.2 Å². The van der Waals surface area contributed by atoms with Gasteiger partial charge in [0.05, 0.1) is 20.3 Å². The summed E-state index contributed by atoms with van der Waals surface area (Å²) in [6.45, 7) is 5.62. The van der Waals surface area contributed by atoms with Gasteiger partial charge in [-0.2, -0.15) is 0 Å². The number of carbonyl (C=O) groups excluding carboxylic acids is 1. The minimum atomic E-state index is -0.114. The largest absolute Gasteiger partial charge is 0.496 e. The Morgan fingerprint density at radius 2 is 1.80 bits per heavy atom. The lowest BCUT2D eigenvalue weighted by molar-refractivity contribution is 0.0950. The van der Waals surface area contributed by atoms with E-state index in [9.17, 15) is 4.79 Å². The van der Waals surface area contributed by atoms with Crippen LogP contribution in [0.4, 0.5) is 0 Å². The minimum Gasteiger partial charge on any atom is -0.496 e. The van der Waals surface area contributed by atoms with Crippen molar-refractivity contribution >= 4 is 5.91 Å². The maximum Gasteiger partial charge on any atom is 0.251 e. The Morgan fingerprint density at radius 1 is 1.08 bits per heavy atom. The summed E-state index contributed by atoms with van der Waals surface area (Å²) in [6.07, 6.45) is 0.843. The first-order valence-electron chi connectivity index (χ1n) is 8.40. The fourth-order valence-electron chi connectivity index (χ4n) is 2.72. The van der Waals surface area contributed by atoms with Crippen molar-refractivity contribution in [2.24, 2.45) is 0 Å². The van der Waals surface area contributed by atoms with Gasteiger partial charge in [-0.05, 0) is 43.2 Å². The zero-order chi connectivity index (χ0) is 17.8. The van der Waals surface area contributed by atoms with Gasteiger partial charge in [0.15, 0.2) is 11.5 Å². The SMILES string of the molecule is COc1cc2c(cc1CNC(=O)c1ccc(C)c(C)c1)OCCCO2. The van der Waals surface area contributed by atoms with Gasteiger partial charge in [-0.1, -0.05) is 6.07 Å². The van der Waals surface area contributed by atoms with E-state index in [1.807, 2.05) is 44.2 Å². The van der Waals surface area contributed by atoms with E-state index in [1.54, 1.807) is 7.11 Å². The molecule has 132 valence electrons. The van der Waals surface area contributed by atoms with E-state index in [2.05, 4.69) is 5.32 Å². The normalized spacial score (nSPS) is 13.1. The number of carbonyl (C=O) groups is 1. The molecule has 25 heavy (non-hydrogen) atoms. The van der Waals surface area contributed by atoms with Crippen LogP contribution in [-0.2, 0) is 6.54 Å². The molecule has 2 aromatic rings. The molecule has 0 saturated heterocycles. The van der Waals surface area contributed by atoms with E-state index in [4.69, 9.17) is 14.2 Å². The molecule has 0 saturated carbocycles. The van der Waals surface area contributed by atoms with Gasteiger partial charge in [0.2, 0.25) is 0 Å². The zero-order valence-corrected chi connectivity index (χ0v) is 14.8. The predicted octanol–water partition coefficient (Wildman–Crippen LogP) is 3.40. The third-order valence-electron chi connectivity index (χ3n) is 4.36. The molecule has 0 spiro atoms. The highest BCUT2D eigenvalue weighted by molar-refractivity contribution is 5.94. The molecule has 0 aliphatic carbocycles. The average Bonchev–Trinajstić information content (AvgIpc) is 2.85. The molecule has 1 amide bonds. The molecular formula is C20H23NO4. The highest BCUT2D eigenvalue weighted by Crippen LogP contribution is 2.36. The second-order valence-corrected chi connectivity index (χ2v) is 6.14. The van der Waals surface area contributed by atoms with Crippen molar-refractivity contribution in [3.05, 3.63) is 52.6 Å². The molecule has 3 rings (SSSR count). The Kier molecular flexibility index (Phi) is 5.12. The molecule has 5 heteroatoms.